The van der Waals surface area contributed by atoms with Gasteiger partial charge in [0.1, 0.15) is 0 Å². The van der Waals surface area contributed by atoms with Crippen molar-refractivity contribution in [3.05, 3.63) is 18.2 Å². The van der Waals surface area contributed by atoms with Crippen LogP contribution in [0.5, 0.6) is 0 Å². The average Bonchev–Trinajstić information content (AvgIpc) is 2.97. The van der Waals surface area contributed by atoms with Crippen molar-refractivity contribution in [2.75, 3.05) is 11.9 Å². The quantitative estimate of drug-likeness (QED) is 0.845. The van der Waals surface area contributed by atoms with Gasteiger partial charge in [0.15, 0.2) is 0 Å². The van der Waals surface area contributed by atoms with Gasteiger partial charge in [-0.1, -0.05) is 0 Å². The summed E-state index contributed by atoms with van der Waals surface area (Å²) in [7, 11) is 0. The van der Waals surface area contributed by atoms with Gasteiger partial charge in [-0.2, -0.15) is 0 Å². The van der Waals surface area contributed by atoms with Crippen molar-refractivity contribution >= 4 is 37.5 Å². The molecule has 0 unspecified atom stereocenters. The first-order valence-electron chi connectivity index (χ1n) is 6.98. The summed E-state index contributed by atoms with van der Waals surface area (Å²) in [5.74, 6) is 0.0442. The van der Waals surface area contributed by atoms with E-state index in [1.807, 2.05) is 18.2 Å². The Morgan fingerprint density at radius 2 is 2.10 bits per heavy atom. The van der Waals surface area contributed by atoms with Crippen LogP contribution in [0.15, 0.2) is 26.1 Å². The van der Waals surface area contributed by atoms with Gasteiger partial charge >= 0.3 is 124 Å². The predicted octanol–water partition coefficient (Wildman–Crippen LogP) is 2.88. The van der Waals surface area contributed by atoms with E-state index in [0.717, 1.165) is 42.7 Å². The average molecular weight is 337 g/mol. The molecule has 3 rings (SSSR count). The zero-order chi connectivity index (χ0) is 14.0. The number of nitrogens with zero attached hydrogens (tertiary/aromatic N) is 2. The molecule has 1 aromatic carbocycles. The monoisotopic (exact) mass is 338 g/mol. The first-order valence-corrected chi connectivity index (χ1v) is 8.51. The van der Waals surface area contributed by atoms with Crippen molar-refractivity contribution in [3.63, 3.8) is 0 Å². The van der Waals surface area contributed by atoms with Gasteiger partial charge < -0.3 is 0 Å². The second-order valence-electron chi connectivity index (χ2n) is 5.44. The molecule has 106 valence electrons. The van der Waals surface area contributed by atoms with Crippen LogP contribution in [0.1, 0.15) is 32.1 Å². The van der Waals surface area contributed by atoms with Gasteiger partial charge in [0, 0.05) is 0 Å². The molecule has 1 heterocycles. The summed E-state index contributed by atoms with van der Waals surface area (Å²) >= 11 is -0.0838. The van der Waals surface area contributed by atoms with Gasteiger partial charge in [-0.3, -0.25) is 0 Å². The third-order valence-corrected chi connectivity index (χ3v) is 5.36. The number of benzene rings is 1. The molecule has 1 aromatic rings. The molecule has 1 amide bonds. The van der Waals surface area contributed by atoms with E-state index in [2.05, 4.69) is 13.2 Å². The van der Waals surface area contributed by atoms with Crippen molar-refractivity contribution in [1.29, 1.82) is 0 Å². The molecule has 1 fully saturated rings. The van der Waals surface area contributed by atoms with E-state index in [1.165, 1.54) is 6.42 Å². The molecule has 3 N–H and O–H groups in total. The Morgan fingerprint density at radius 1 is 1.30 bits per heavy atom. The number of amides is 1. The maximum atomic E-state index is 12.7. The molecule has 0 radical (unpaired) electrons. The second-order valence-corrected chi connectivity index (χ2v) is 6.55. The minimum atomic E-state index is -0.401. The summed E-state index contributed by atoms with van der Waals surface area (Å²) in [4.78, 5) is 12.7. The number of nitrogens with two attached hydrogens (primary N) is 1. The van der Waals surface area contributed by atoms with Crippen LogP contribution in [-0.2, 0) is 4.79 Å². The Morgan fingerprint density at radius 3 is 2.85 bits per heavy atom. The fourth-order valence-electron chi connectivity index (χ4n) is 2.91. The third-order valence-electron chi connectivity index (χ3n) is 4.22. The van der Waals surface area contributed by atoms with Gasteiger partial charge in [0.2, 0.25) is 0 Å². The van der Waals surface area contributed by atoms with Gasteiger partial charge in [0.25, 0.3) is 0 Å². The van der Waals surface area contributed by atoms with E-state index in [-0.39, 0.29) is 20.5 Å². The summed E-state index contributed by atoms with van der Waals surface area (Å²) in [5, 5.41) is 3.04. The van der Waals surface area contributed by atoms with Crippen molar-refractivity contribution < 1.29 is 4.79 Å². The van der Waals surface area contributed by atoms with Crippen molar-refractivity contribution in [2.45, 2.75) is 32.1 Å². The van der Waals surface area contributed by atoms with E-state index in [1.54, 1.807) is 0 Å². The fourth-order valence-corrected chi connectivity index (χ4v) is 4.07. The van der Waals surface area contributed by atoms with E-state index >= 15 is 0 Å². The minimum absolute atomic E-state index is 0.0442. The second kappa shape index (κ2) is 5.64. The molecule has 1 aliphatic carbocycles. The molecule has 0 atom stereocenters. The van der Waals surface area contributed by atoms with E-state index < -0.39 is 5.41 Å². The van der Waals surface area contributed by atoms with Gasteiger partial charge in [-0.05, 0) is 0 Å². The SMILES string of the molecule is NCC1(C(=O)Nc2cccc3c2N=[Se]=N3)CCCCC1. The van der Waals surface area contributed by atoms with Crippen LogP contribution in [0.3, 0.4) is 0 Å². The Balaban J connectivity index is 1.83. The third kappa shape index (κ3) is 2.39. The van der Waals surface area contributed by atoms with E-state index in [9.17, 15) is 4.79 Å². The fraction of sp³-hybridized carbons (Fsp3) is 0.500. The number of anilines is 1. The molecule has 0 bridgehead atoms. The topological polar surface area (TPSA) is 79.8 Å². The summed E-state index contributed by atoms with van der Waals surface area (Å²) in [6.45, 7) is 0.416. The molecule has 1 saturated carbocycles. The van der Waals surface area contributed by atoms with Gasteiger partial charge in [-0.15, -0.1) is 0 Å². The maximum absolute atomic E-state index is 12.7. The summed E-state index contributed by atoms with van der Waals surface area (Å²) < 4.78 is 8.73. The van der Waals surface area contributed by atoms with Gasteiger partial charge in [-0.25, -0.2) is 0 Å². The van der Waals surface area contributed by atoms with E-state index in [4.69, 9.17) is 5.73 Å². The van der Waals surface area contributed by atoms with Crippen LogP contribution in [0.4, 0.5) is 17.1 Å². The summed E-state index contributed by atoms with van der Waals surface area (Å²) in [5.41, 5.74) is 7.98. The Bertz CT molecular complexity index is 601. The molecule has 2 aliphatic rings. The van der Waals surface area contributed by atoms with Gasteiger partial charge in [0.05, 0.1) is 0 Å². The van der Waals surface area contributed by atoms with E-state index in [0.29, 0.717) is 6.54 Å². The Hall–Kier alpha value is -1.23. The zero-order valence-corrected chi connectivity index (χ0v) is 13.0. The number of hydrogen-bond donors (Lipinski definition) is 2. The molecule has 0 aromatic heterocycles. The summed E-state index contributed by atoms with van der Waals surface area (Å²) in [6.07, 6.45) is 5.14. The Labute approximate surface area is 124 Å². The van der Waals surface area contributed by atoms with Crippen LogP contribution >= 0.6 is 0 Å². The number of carbonyl (C=O) groups excluding carboxylic acids is 1. The van der Waals surface area contributed by atoms with Crippen LogP contribution in [0, 0.1) is 5.41 Å². The molecule has 0 spiro atoms. The normalized spacial score (nSPS) is 19.2. The molecule has 6 heteroatoms. The molecule has 20 heavy (non-hydrogen) atoms. The first kappa shape index (κ1) is 13.7. The van der Waals surface area contributed by atoms with Crippen LogP contribution in [-0.4, -0.2) is 27.0 Å². The molecular weight excluding hydrogens is 319 g/mol. The number of fused-ring (bicyclic) bond motifs is 1. The number of rotatable bonds is 3. The zero-order valence-electron chi connectivity index (χ0n) is 11.3. The number of hydrogen-bond acceptors (Lipinski definition) is 4. The predicted molar refractivity (Wildman–Crippen MR) is 79.6 cm³/mol. The van der Waals surface area contributed by atoms with Crippen LogP contribution in [0.25, 0.3) is 0 Å². The summed E-state index contributed by atoms with van der Waals surface area (Å²) in [6, 6.07) is 5.73. The molecule has 0 saturated heterocycles. The molecular formula is C14H18N4OSe. The Kier molecular flexibility index (Phi) is 3.87. The van der Waals surface area contributed by atoms with Crippen molar-refractivity contribution in [2.24, 2.45) is 19.1 Å². The number of nitrogens with one attached hydrogen (secondary N) is 1. The molecule has 1 aliphatic heterocycles. The number of carbonyl (C=O) groups is 1. The van der Waals surface area contributed by atoms with Crippen LogP contribution < -0.4 is 11.1 Å². The van der Waals surface area contributed by atoms with Crippen molar-refractivity contribution in [1.82, 2.24) is 0 Å². The van der Waals surface area contributed by atoms with Crippen molar-refractivity contribution in [3.8, 4) is 0 Å². The van der Waals surface area contributed by atoms with Crippen LogP contribution in [0.2, 0.25) is 0 Å². The first-order chi connectivity index (χ1) is 9.75. The standard InChI is InChI=1S/C14H18N4OSe/c15-9-14(7-2-1-3-8-14)13(19)16-10-5-4-6-11-12(10)18-20-17-11/h4-6H,1-3,7-9,15H2,(H,16,19). The molecule has 5 nitrogen and oxygen atoms in total.